The summed E-state index contributed by atoms with van der Waals surface area (Å²) in [7, 11) is 0. The molecule has 2 N–H and O–H groups in total. The van der Waals surface area contributed by atoms with Crippen LogP contribution in [0.1, 0.15) is 78.1 Å². The van der Waals surface area contributed by atoms with Crippen LogP contribution in [0.15, 0.2) is 0 Å². The SMILES string of the molecule is C[C@@]12CCC[C@H]1[C@@H]1CC[C@H]3C[C@H](N)CC[C@]3(C)[C@H]1CC2.Cl. The van der Waals surface area contributed by atoms with Gasteiger partial charge in [0, 0.05) is 6.04 Å². The van der Waals surface area contributed by atoms with Crippen LogP contribution in [0.25, 0.3) is 0 Å². The maximum absolute atomic E-state index is 6.28. The third-order valence-electron chi connectivity index (χ3n) is 8.49. The molecule has 1 nitrogen and oxygen atoms in total. The Bertz CT molecular complexity index is 397. The average molecular weight is 312 g/mol. The van der Waals surface area contributed by atoms with E-state index in [2.05, 4.69) is 13.8 Å². The van der Waals surface area contributed by atoms with Crippen LogP contribution in [0, 0.1) is 34.5 Å². The van der Waals surface area contributed by atoms with Crippen LogP contribution in [0.4, 0.5) is 0 Å². The molecule has 0 aromatic carbocycles. The van der Waals surface area contributed by atoms with Crippen molar-refractivity contribution in [1.82, 2.24) is 0 Å². The summed E-state index contributed by atoms with van der Waals surface area (Å²) < 4.78 is 0. The molecule has 0 radical (unpaired) electrons. The lowest BCUT2D eigenvalue weighted by atomic mass is 9.45. The molecule has 4 aliphatic carbocycles. The van der Waals surface area contributed by atoms with Crippen molar-refractivity contribution in [2.24, 2.45) is 40.2 Å². The van der Waals surface area contributed by atoms with E-state index in [0.29, 0.717) is 11.5 Å². The summed E-state index contributed by atoms with van der Waals surface area (Å²) in [6, 6.07) is 0.505. The van der Waals surface area contributed by atoms with E-state index in [1.807, 2.05) is 0 Å². The van der Waals surface area contributed by atoms with E-state index in [9.17, 15) is 0 Å². The lowest BCUT2D eigenvalue weighted by Crippen LogP contribution is -2.53. The van der Waals surface area contributed by atoms with E-state index < -0.39 is 0 Å². The standard InChI is InChI=1S/C19H33N.ClH/c1-18-9-3-4-16(18)15-6-5-13-12-14(20)7-11-19(13,2)17(15)8-10-18;/h13-17H,3-12,20H2,1-2H3;1H/t13-,14+,15-,16-,17-,18-,19-;/m0./s1. The summed E-state index contributed by atoms with van der Waals surface area (Å²) in [6.45, 7) is 5.27. The molecule has 21 heavy (non-hydrogen) atoms. The normalized spacial score (nSPS) is 55.9. The monoisotopic (exact) mass is 311 g/mol. The van der Waals surface area contributed by atoms with E-state index in [4.69, 9.17) is 5.73 Å². The van der Waals surface area contributed by atoms with Gasteiger partial charge in [0.15, 0.2) is 0 Å². The molecule has 4 rings (SSSR count). The Morgan fingerprint density at radius 1 is 0.857 bits per heavy atom. The Morgan fingerprint density at radius 2 is 1.67 bits per heavy atom. The third-order valence-corrected chi connectivity index (χ3v) is 8.49. The molecule has 2 heteroatoms. The molecular formula is C19H34ClN. The van der Waals surface area contributed by atoms with Gasteiger partial charge in [-0.25, -0.2) is 0 Å². The van der Waals surface area contributed by atoms with Gasteiger partial charge in [-0.2, -0.15) is 0 Å². The Labute approximate surface area is 137 Å². The fourth-order valence-corrected chi connectivity index (χ4v) is 7.28. The van der Waals surface area contributed by atoms with Crippen molar-refractivity contribution in [2.75, 3.05) is 0 Å². The second-order valence-corrected chi connectivity index (χ2v) is 9.28. The Kier molecular flexibility index (Phi) is 4.15. The summed E-state index contributed by atoms with van der Waals surface area (Å²) in [4.78, 5) is 0. The summed E-state index contributed by atoms with van der Waals surface area (Å²) in [5, 5.41) is 0. The zero-order chi connectivity index (χ0) is 14.0. The van der Waals surface area contributed by atoms with E-state index in [1.165, 1.54) is 64.2 Å². The van der Waals surface area contributed by atoms with Gasteiger partial charge in [0.2, 0.25) is 0 Å². The van der Waals surface area contributed by atoms with Gasteiger partial charge in [0.1, 0.15) is 0 Å². The van der Waals surface area contributed by atoms with E-state index in [-0.39, 0.29) is 12.4 Å². The van der Waals surface area contributed by atoms with E-state index in [1.54, 1.807) is 0 Å². The molecule has 4 saturated carbocycles. The van der Waals surface area contributed by atoms with Crippen molar-refractivity contribution in [2.45, 2.75) is 84.1 Å². The predicted molar refractivity (Wildman–Crippen MR) is 91.6 cm³/mol. The minimum Gasteiger partial charge on any atom is -0.328 e. The number of hydrogen-bond donors (Lipinski definition) is 1. The van der Waals surface area contributed by atoms with Crippen LogP contribution in [0.3, 0.4) is 0 Å². The molecule has 0 aromatic rings. The summed E-state index contributed by atoms with van der Waals surface area (Å²) in [5.41, 5.74) is 7.63. The van der Waals surface area contributed by atoms with Gasteiger partial charge in [0.25, 0.3) is 0 Å². The minimum absolute atomic E-state index is 0. The van der Waals surface area contributed by atoms with Gasteiger partial charge in [0.05, 0.1) is 0 Å². The predicted octanol–water partition coefficient (Wildman–Crippen LogP) is 5.17. The highest BCUT2D eigenvalue weighted by atomic mass is 35.5. The molecule has 0 heterocycles. The number of hydrogen-bond acceptors (Lipinski definition) is 1. The molecule has 7 atom stereocenters. The Balaban J connectivity index is 0.00000132. The Morgan fingerprint density at radius 3 is 2.48 bits per heavy atom. The van der Waals surface area contributed by atoms with Gasteiger partial charge in [-0.3, -0.25) is 0 Å². The fourth-order valence-electron chi connectivity index (χ4n) is 7.28. The molecule has 4 aliphatic rings. The fraction of sp³-hybridized carbons (Fsp3) is 1.00. The topological polar surface area (TPSA) is 26.0 Å². The van der Waals surface area contributed by atoms with Gasteiger partial charge in [-0.05, 0) is 92.3 Å². The molecule has 0 unspecified atom stereocenters. The molecule has 0 spiro atoms. The van der Waals surface area contributed by atoms with Crippen LogP contribution in [-0.2, 0) is 0 Å². The summed E-state index contributed by atoms with van der Waals surface area (Å²) in [5.74, 6) is 4.10. The van der Waals surface area contributed by atoms with Crippen LogP contribution in [-0.4, -0.2) is 6.04 Å². The van der Waals surface area contributed by atoms with Crippen LogP contribution >= 0.6 is 12.4 Å². The van der Waals surface area contributed by atoms with Crippen molar-refractivity contribution in [3.05, 3.63) is 0 Å². The highest BCUT2D eigenvalue weighted by molar-refractivity contribution is 5.85. The molecule has 0 amide bonds. The van der Waals surface area contributed by atoms with E-state index in [0.717, 1.165) is 29.1 Å². The molecule has 122 valence electrons. The first-order valence-corrected chi connectivity index (χ1v) is 9.28. The van der Waals surface area contributed by atoms with E-state index >= 15 is 0 Å². The molecule has 4 fully saturated rings. The molecule has 0 aliphatic heterocycles. The van der Waals surface area contributed by atoms with Crippen LogP contribution < -0.4 is 5.73 Å². The van der Waals surface area contributed by atoms with Gasteiger partial charge >= 0.3 is 0 Å². The zero-order valence-corrected chi connectivity index (χ0v) is 14.8. The van der Waals surface area contributed by atoms with Crippen molar-refractivity contribution in [3.8, 4) is 0 Å². The number of halogens is 1. The van der Waals surface area contributed by atoms with Crippen molar-refractivity contribution in [1.29, 1.82) is 0 Å². The molecule has 0 saturated heterocycles. The zero-order valence-electron chi connectivity index (χ0n) is 13.9. The maximum Gasteiger partial charge on any atom is 0.00418 e. The second kappa shape index (κ2) is 5.41. The lowest BCUT2D eigenvalue weighted by molar-refractivity contribution is -0.105. The average Bonchev–Trinajstić information content (AvgIpc) is 2.81. The molecular weight excluding hydrogens is 278 g/mol. The van der Waals surface area contributed by atoms with Gasteiger partial charge < -0.3 is 5.73 Å². The largest absolute Gasteiger partial charge is 0.328 e. The summed E-state index contributed by atoms with van der Waals surface area (Å²) >= 11 is 0. The van der Waals surface area contributed by atoms with Gasteiger partial charge in [-0.1, -0.05) is 20.3 Å². The highest BCUT2D eigenvalue weighted by Crippen LogP contribution is 2.66. The first-order valence-electron chi connectivity index (χ1n) is 9.28. The molecule has 0 aromatic heterocycles. The van der Waals surface area contributed by atoms with Gasteiger partial charge in [-0.15, -0.1) is 12.4 Å². The smallest absolute Gasteiger partial charge is 0.00418 e. The highest BCUT2D eigenvalue weighted by Gasteiger charge is 2.57. The lowest BCUT2D eigenvalue weighted by Gasteiger charge is -2.60. The number of rotatable bonds is 0. The first-order chi connectivity index (χ1) is 9.53. The number of nitrogens with two attached hydrogens (primary N) is 1. The van der Waals surface area contributed by atoms with Crippen LogP contribution in [0.5, 0.6) is 0 Å². The third kappa shape index (κ3) is 2.29. The second-order valence-electron chi connectivity index (χ2n) is 9.28. The quantitative estimate of drug-likeness (QED) is 0.656. The van der Waals surface area contributed by atoms with Crippen molar-refractivity contribution in [3.63, 3.8) is 0 Å². The van der Waals surface area contributed by atoms with Crippen molar-refractivity contribution < 1.29 is 0 Å². The van der Waals surface area contributed by atoms with Crippen LogP contribution in [0.2, 0.25) is 0 Å². The maximum atomic E-state index is 6.28. The van der Waals surface area contributed by atoms with Crippen molar-refractivity contribution >= 4 is 12.4 Å². The summed E-state index contributed by atoms with van der Waals surface area (Å²) in [6.07, 6.45) is 14.7. The molecule has 0 bridgehead atoms. The minimum atomic E-state index is 0. The Hall–Kier alpha value is 0.250. The first kappa shape index (κ1) is 16.1. The number of fused-ring (bicyclic) bond motifs is 5.